The first kappa shape index (κ1) is 21.5. The Labute approximate surface area is 174 Å². The lowest BCUT2D eigenvalue weighted by molar-refractivity contribution is 0.0935. The van der Waals surface area contributed by atoms with Crippen molar-refractivity contribution in [3.8, 4) is 0 Å². The maximum atomic E-state index is 13.2. The van der Waals surface area contributed by atoms with E-state index in [1.54, 1.807) is 23.4 Å². The summed E-state index contributed by atoms with van der Waals surface area (Å²) in [6.07, 6.45) is 4.64. The van der Waals surface area contributed by atoms with Crippen LogP contribution in [0.2, 0.25) is 0 Å². The van der Waals surface area contributed by atoms with E-state index in [0.717, 1.165) is 37.7 Å². The van der Waals surface area contributed by atoms with Gasteiger partial charge >= 0.3 is 0 Å². The van der Waals surface area contributed by atoms with Gasteiger partial charge in [-0.2, -0.15) is 4.31 Å². The Hall–Kier alpha value is -2.18. The Kier molecular flexibility index (Phi) is 7.09. The highest BCUT2D eigenvalue weighted by Gasteiger charge is 2.27. The molecule has 0 unspecified atom stereocenters. The SMILES string of the molecule is CC[C@H](NC(=O)c1ccc(C)c(S(=O)(=O)N2CCCCCC2)c1)c1ccccc1. The second-order valence-electron chi connectivity index (χ2n) is 7.64. The molecular formula is C23H30N2O3S. The summed E-state index contributed by atoms with van der Waals surface area (Å²) in [5.41, 5.74) is 2.08. The monoisotopic (exact) mass is 414 g/mol. The van der Waals surface area contributed by atoms with Gasteiger partial charge in [-0.25, -0.2) is 8.42 Å². The Balaban J connectivity index is 1.85. The Morgan fingerprint density at radius 3 is 2.31 bits per heavy atom. The normalized spacial score (nSPS) is 16.8. The van der Waals surface area contributed by atoms with Crippen LogP contribution >= 0.6 is 0 Å². The molecule has 1 aliphatic heterocycles. The van der Waals surface area contributed by atoms with E-state index in [4.69, 9.17) is 0 Å². The lowest BCUT2D eigenvalue weighted by Gasteiger charge is -2.22. The quantitative estimate of drug-likeness (QED) is 0.760. The molecule has 6 heteroatoms. The third-order valence-corrected chi connectivity index (χ3v) is 7.59. The molecule has 2 aromatic rings. The molecule has 0 aliphatic carbocycles. The van der Waals surface area contributed by atoms with Gasteiger partial charge < -0.3 is 5.32 Å². The lowest BCUT2D eigenvalue weighted by Crippen LogP contribution is -2.33. The first-order valence-corrected chi connectivity index (χ1v) is 11.8. The number of carbonyl (C=O) groups is 1. The Morgan fingerprint density at radius 1 is 1.03 bits per heavy atom. The molecule has 0 spiro atoms. The average Bonchev–Trinajstić information content (AvgIpc) is 3.03. The second-order valence-corrected chi connectivity index (χ2v) is 9.55. The molecule has 1 saturated heterocycles. The topological polar surface area (TPSA) is 66.5 Å². The number of amides is 1. The molecule has 29 heavy (non-hydrogen) atoms. The van der Waals surface area contributed by atoms with Crippen LogP contribution in [-0.4, -0.2) is 31.7 Å². The van der Waals surface area contributed by atoms with Crippen molar-refractivity contribution in [3.63, 3.8) is 0 Å². The summed E-state index contributed by atoms with van der Waals surface area (Å²) >= 11 is 0. The molecule has 0 radical (unpaired) electrons. The second kappa shape index (κ2) is 9.55. The highest BCUT2D eigenvalue weighted by molar-refractivity contribution is 7.89. The van der Waals surface area contributed by atoms with Gasteiger partial charge in [-0.15, -0.1) is 0 Å². The predicted molar refractivity (Wildman–Crippen MR) is 115 cm³/mol. The maximum Gasteiger partial charge on any atom is 0.251 e. The average molecular weight is 415 g/mol. The van der Waals surface area contributed by atoms with Gasteiger partial charge in [0.1, 0.15) is 0 Å². The molecule has 156 valence electrons. The minimum atomic E-state index is -3.60. The molecule has 0 aromatic heterocycles. The molecule has 5 nitrogen and oxygen atoms in total. The highest BCUT2D eigenvalue weighted by atomic mass is 32.2. The number of nitrogens with zero attached hydrogens (tertiary/aromatic N) is 1. The van der Waals surface area contributed by atoms with Gasteiger partial charge in [0, 0.05) is 18.7 Å². The van der Waals surface area contributed by atoms with E-state index in [1.165, 1.54) is 6.07 Å². The summed E-state index contributed by atoms with van der Waals surface area (Å²) in [4.78, 5) is 13.1. The van der Waals surface area contributed by atoms with Gasteiger partial charge in [0.05, 0.1) is 10.9 Å². The number of carbonyl (C=O) groups excluding carboxylic acids is 1. The molecule has 1 amide bonds. The molecule has 0 bridgehead atoms. The van der Waals surface area contributed by atoms with Crippen LogP contribution < -0.4 is 5.32 Å². The molecule has 1 fully saturated rings. The van der Waals surface area contributed by atoms with Crippen LogP contribution in [0.1, 0.15) is 66.6 Å². The Bertz CT molecular complexity index is 934. The molecule has 2 aromatic carbocycles. The van der Waals surface area contributed by atoms with Crippen molar-refractivity contribution in [3.05, 3.63) is 65.2 Å². The molecule has 1 heterocycles. The van der Waals surface area contributed by atoms with Crippen molar-refractivity contribution in [2.24, 2.45) is 0 Å². The number of hydrogen-bond acceptors (Lipinski definition) is 3. The molecule has 1 N–H and O–H groups in total. The van der Waals surface area contributed by atoms with Crippen molar-refractivity contribution < 1.29 is 13.2 Å². The van der Waals surface area contributed by atoms with E-state index in [0.29, 0.717) is 24.2 Å². The molecule has 1 aliphatic rings. The summed E-state index contributed by atoms with van der Waals surface area (Å²) in [7, 11) is -3.60. The van der Waals surface area contributed by atoms with Crippen LogP contribution in [0.4, 0.5) is 0 Å². The van der Waals surface area contributed by atoms with Crippen LogP contribution in [-0.2, 0) is 10.0 Å². The largest absolute Gasteiger partial charge is 0.345 e. The van der Waals surface area contributed by atoms with Crippen molar-refractivity contribution in [1.29, 1.82) is 0 Å². The van der Waals surface area contributed by atoms with Crippen molar-refractivity contribution >= 4 is 15.9 Å². The number of aryl methyl sites for hydroxylation is 1. The van der Waals surface area contributed by atoms with E-state index in [9.17, 15) is 13.2 Å². The predicted octanol–water partition coefficient (Wildman–Crippen LogP) is 4.44. The zero-order valence-corrected chi connectivity index (χ0v) is 18.0. The fourth-order valence-electron chi connectivity index (χ4n) is 3.79. The van der Waals surface area contributed by atoms with Crippen molar-refractivity contribution in [1.82, 2.24) is 9.62 Å². The third-order valence-electron chi connectivity index (χ3n) is 5.55. The smallest absolute Gasteiger partial charge is 0.251 e. The van der Waals surface area contributed by atoms with E-state index in [1.807, 2.05) is 37.3 Å². The number of nitrogens with one attached hydrogen (secondary N) is 1. The van der Waals surface area contributed by atoms with E-state index < -0.39 is 10.0 Å². The Morgan fingerprint density at radius 2 is 1.69 bits per heavy atom. The van der Waals surface area contributed by atoms with Gasteiger partial charge in [0.2, 0.25) is 10.0 Å². The number of hydrogen-bond donors (Lipinski definition) is 1. The summed E-state index contributed by atoms with van der Waals surface area (Å²) in [6, 6.07) is 14.6. The summed E-state index contributed by atoms with van der Waals surface area (Å²) in [5, 5.41) is 3.04. The fraction of sp³-hybridized carbons (Fsp3) is 0.435. The molecule has 3 rings (SSSR count). The van der Waals surface area contributed by atoms with Gasteiger partial charge in [-0.3, -0.25) is 4.79 Å². The molecular weight excluding hydrogens is 384 g/mol. The summed E-state index contributed by atoms with van der Waals surface area (Å²) < 4.78 is 28.0. The van der Waals surface area contributed by atoms with Crippen LogP contribution in [0.5, 0.6) is 0 Å². The van der Waals surface area contributed by atoms with Crippen LogP contribution in [0.25, 0.3) is 0 Å². The van der Waals surface area contributed by atoms with E-state index >= 15 is 0 Å². The first-order valence-electron chi connectivity index (χ1n) is 10.4. The minimum absolute atomic E-state index is 0.115. The number of rotatable bonds is 6. The highest BCUT2D eigenvalue weighted by Crippen LogP contribution is 2.25. The van der Waals surface area contributed by atoms with Crippen LogP contribution in [0.3, 0.4) is 0 Å². The van der Waals surface area contributed by atoms with Crippen molar-refractivity contribution in [2.45, 2.75) is 56.9 Å². The molecule has 1 atom stereocenters. The van der Waals surface area contributed by atoms with Crippen LogP contribution in [0.15, 0.2) is 53.4 Å². The summed E-state index contributed by atoms with van der Waals surface area (Å²) in [6.45, 7) is 4.89. The van der Waals surface area contributed by atoms with Gasteiger partial charge in [-0.1, -0.05) is 56.2 Å². The summed E-state index contributed by atoms with van der Waals surface area (Å²) in [5.74, 6) is -0.256. The minimum Gasteiger partial charge on any atom is -0.345 e. The van der Waals surface area contributed by atoms with Gasteiger partial charge in [0.25, 0.3) is 5.91 Å². The zero-order chi connectivity index (χ0) is 20.9. The van der Waals surface area contributed by atoms with Gasteiger partial charge in [0.15, 0.2) is 0 Å². The number of sulfonamides is 1. The number of benzene rings is 2. The van der Waals surface area contributed by atoms with Crippen LogP contribution in [0, 0.1) is 6.92 Å². The van der Waals surface area contributed by atoms with Gasteiger partial charge in [-0.05, 0) is 49.4 Å². The fourth-order valence-corrected chi connectivity index (χ4v) is 5.56. The standard InChI is InChI=1S/C23H30N2O3S/c1-3-21(19-11-7-6-8-12-19)24-23(26)20-14-13-18(2)22(17-20)29(27,28)25-15-9-4-5-10-16-25/h6-8,11-14,17,21H,3-5,9-10,15-16H2,1-2H3,(H,24,26)/t21-/m0/s1. The maximum absolute atomic E-state index is 13.2. The third kappa shape index (κ3) is 5.06. The first-order chi connectivity index (χ1) is 13.9. The van der Waals surface area contributed by atoms with E-state index in [2.05, 4.69) is 5.32 Å². The zero-order valence-electron chi connectivity index (χ0n) is 17.2. The molecule has 0 saturated carbocycles. The van der Waals surface area contributed by atoms with Crippen molar-refractivity contribution in [2.75, 3.05) is 13.1 Å². The van der Waals surface area contributed by atoms with E-state index in [-0.39, 0.29) is 16.8 Å². The lowest BCUT2D eigenvalue weighted by atomic mass is 10.0.